The van der Waals surface area contributed by atoms with Gasteiger partial charge in [-0.1, -0.05) is 60.7 Å². The summed E-state index contributed by atoms with van der Waals surface area (Å²) in [6.07, 6.45) is 0.153. The van der Waals surface area contributed by atoms with Crippen LogP contribution < -0.4 is 14.8 Å². The molecule has 7 nitrogen and oxygen atoms in total. The summed E-state index contributed by atoms with van der Waals surface area (Å²) in [4.78, 5) is 19.4. The summed E-state index contributed by atoms with van der Waals surface area (Å²) in [5.74, 6) is 1.44. The second-order valence-electron chi connectivity index (χ2n) is 9.55. The topological polar surface area (TPSA) is 89.4 Å². The summed E-state index contributed by atoms with van der Waals surface area (Å²) >= 11 is 0. The van der Waals surface area contributed by atoms with Gasteiger partial charge in [0, 0.05) is 30.7 Å². The van der Waals surface area contributed by atoms with Gasteiger partial charge in [0.1, 0.15) is 11.5 Å². The highest BCUT2D eigenvalue weighted by Crippen LogP contribution is 2.43. The van der Waals surface area contributed by atoms with Crippen LogP contribution in [0.25, 0.3) is 0 Å². The van der Waals surface area contributed by atoms with Gasteiger partial charge in [0.25, 0.3) is 5.91 Å². The molecule has 4 aromatic carbocycles. The van der Waals surface area contributed by atoms with Gasteiger partial charge >= 0.3 is 0 Å². The van der Waals surface area contributed by atoms with Crippen LogP contribution in [0.15, 0.2) is 114 Å². The molecule has 0 saturated carbocycles. The Morgan fingerprint density at radius 1 is 0.925 bits per heavy atom. The summed E-state index contributed by atoms with van der Waals surface area (Å²) in [7, 11) is 1.61. The Bertz CT molecular complexity index is 1440. The molecular formula is C33H32N2O5. The van der Waals surface area contributed by atoms with Crippen LogP contribution in [0.5, 0.6) is 11.5 Å². The molecule has 0 radical (unpaired) electrons. The molecule has 0 unspecified atom stereocenters. The molecule has 0 bridgehead atoms. The van der Waals surface area contributed by atoms with E-state index in [0.717, 1.165) is 16.7 Å². The summed E-state index contributed by atoms with van der Waals surface area (Å²) in [5.41, 5.74) is 1.83. The van der Waals surface area contributed by atoms with E-state index in [1.54, 1.807) is 7.11 Å². The zero-order valence-electron chi connectivity index (χ0n) is 22.3. The molecule has 0 aliphatic carbocycles. The third-order valence-corrected chi connectivity index (χ3v) is 6.77. The standard InChI is InChI=1S/C33H32N2O5/c1-38-29-15-8-12-26(22-29)30-33(23-24-10-4-2-5-11-24,32(37)34-27-13-6-3-7-14-27)35-31(40-30)25-16-18-28(19-17-25)39-21-9-20-36/h2-8,10-19,22,30,36H,9,20-21,23H2,1H3,(H,34,37)/t30-,33-/m1/s1. The summed E-state index contributed by atoms with van der Waals surface area (Å²) < 4.78 is 17.8. The van der Waals surface area contributed by atoms with E-state index >= 15 is 0 Å². The molecule has 0 aromatic heterocycles. The Kier molecular flexibility index (Phi) is 8.42. The molecule has 204 valence electrons. The van der Waals surface area contributed by atoms with Crippen LogP contribution >= 0.6 is 0 Å². The van der Waals surface area contributed by atoms with Crippen molar-refractivity contribution in [1.82, 2.24) is 0 Å². The molecule has 1 aliphatic rings. The number of benzene rings is 4. The normalized spacial score (nSPS) is 17.9. The molecule has 40 heavy (non-hydrogen) atoms. The number of aliphatic hydroxyl groups is 1. The molecule has 7 heteroatoms. The predicted octanol–water partition coefficient (Wildman–Crippen LogP) is 5.59. The van der Waals surface area contributed by atoms with E-state index < -0.39 is 11.6 Å². The molecule has 1 amide bonds. The van der Waals surface area contributed by atoms with Crippen molar-refractivity contribution in [3.05, 3.63) is 126 Å². The number of nitrogens with zero attached hydrogens (tertiary/aromatic N) is 1. The smallest absolute Gasteiger partial charge is 0.257 e. The quantitative estimate of drug-likeness (QED) is 0.244. The number of anilines is 1. The predicted molar refractivity (Wildman–Crippen MR) is 155 cm³/mol. The fourth-order valence-corrected chi connectivity index (χ4v) is 4.75. The number of para-hydroxylation sites is 1. The van der Waals surface area contributed by atoms with Crippen molar-refractivity contribution in [2.75, 3.05) is 25.6 Å². The zero-order valence-corrected chi connectivity index (χ0v) is 22.3. The van der Waals surface area contributed by atoms with Crippen molar-refractivity contribution in [2.24, 2.45) is 4.99 Å². The van der Waals surface area contributed by atoms with Crippen LogP contribution in [0.1, 0.15) is 29.2 Å². The molecule has 4 aromatic rings. The zero-order chi connectivity index (χ0) is 27.8. The maximum atomic E-state index is 14.3. The maximum Gasteiger partial charge on any atom is 0.257 e. The number of amides is 1. The summed E-state index contributed by atoms with van der Waals surface area (Å²) in [6.45, 7) is 0.494. The van der Waals surface area contributed by atoms with E-state index in [1.807, 2.05) is 109 Å². The Labute approximate surface area is 234 Å². The second kappa shape index (κ2) is 12.5. The first-order valence-electron chi connectivity index (χ1n) is 13.3. The number of nitrogens with one attached hydrogen (secondary N) is 1. The minimum Gasteiger partial charge on any atom is -0.497 e. The van der Waals surface area contributed by atoms with Crippen molar-refractivity contribution in [3.8, 4) is 11.5 Å². The van der Waals surface area contributed by atoms with Gasteiger partial charge in [-0.15, -0.1) is 0 Å². The Hall–Kier alpha value is -4.62. The second-order valence-corrected chi connectivity index (χ2v) is 9.55. The van der Waals surface area contributed by atoms with Crippen molar-refractivity contribution in [1.29, 1.82) is 0 Å². The molecule has 0 fully saturated rings. The first-order chi connectivity index (χ1) is 19.6. The molecule has 0 spiro atoms. The van der Waals surface area contributed by atoms with E-state index in [4.69, 9.17) is 24.3 Å². The van der Waals surface area contributed by atoms with Crippen LogP contribution in [-0.2, 0) is 16.0 Å². The number of carbonyl (C=O) groups is 1. The number of hydrogen-bond acceptors (Lipinski definition) is 6. The maximum absolute atomic E-state index is 14.3. The lowest BCUT2D eigenvalue weighted by molar-refractivity contribution is -0.123. The average Bonchev–Trinajstić information content (AvgIpc) is 3.39. The van der Waals surface area contributed by atoms with E-state index in [0.29, 0.717) is 42.5 Å². The number of aliphatic imine (C=N–C) groups is 1. The molecule has 1 heterocycles. The first-order valence-corrected chi connectivity index (χ1v) is 13.3. The van der Waals surface area contributed by atoms with Crippen LogP contribution in [0.2, 0.25) is 0 Å². The van der Waals surface area contributed by atoms with Gasteiger partial charge in [-0.2, -0.15) is 0 Å². The molecule has 2 N–H and O–H groups in total. The van der Waals surface area contributed by atoms with Crippen molar-refractivity contribution in [2.45, 2.75) is 24.5 Å². The first kappa shape index (κ1) is 27.0. The van der Waals surface area contributed by atoms with Crippen molar-refractivity contribution < 1.29 is 24.1 Å². The van der Waals surface area contributed by atoms with Crippen molar-refractivity contribution >= 4 is 17.5 Å². The number of methoxy groups -OCH3 is 1. The molecule has 5 rings (SSSR count). The van der Waals surface area contributed by atoms with Gasteiger partial charge in [0.15, 0.2) is 11.6 Å². The molecule has 1 aliphatic heterocycles. The molecule has 0 saturated heterocycles. The van der Waals surface area contributed by atoms with E-state index in [-0.39, 0.29) is 12.5 Å². The van der Waals surface area contributed by atoms with Gasteiger partial charge in [0.2, 0.25) is 5.90 Å². The Morgan fingerprint density at radius 3 is 2.35 bits per heavy atom. The lowest BCUT2D eigenvalue weighted by Gasteiger charge is -2.31. The number of hydrogen-bond donors (Lipinski definition) is 2. The Balaban J connectivity index is 1.58. The number of rotatable bonds is 11. The lowest BCUT2D eigenvalue weighted by atomic mass is 9.82. The largest absolute Gasteiger partial charge is 0.497 e. The number of ether oxygens (including phenoxy) is 3. The van der Waals surface area contributed by atoms with E-state index in [1.165, 1.54) is 0 Å². The van der Waals surface area contributed by atoms with Crippen LogP contribution in [0.4, 0.5) is 5.69 Å². The average molecular weight is 537 g/mol. The van der Waals surface area contributed by atoms with Gasteiger partial charge < -0.3 is 24.6 Å². The van der Waals surface area contributed by atoms with Crippen LogP contribution in [-0.4, -0.2) is 42.8 Å². The van der Waals surface area contributed by atoms with Gasteiger partial charge in [-0.3, -0.25) is 4.79 Å². The van der Waals surface area contributed by atoms with E-state index in [9.17, 15) is 4.79 Å². The van der Waals surface area contributed by atoms with Gasteiger partial charge in [0.05, 0.1) is 13.7 Å². The lowest BCUT2D eigenvalue weighted by Crippen LogP contribution is -2.46. The SMILES string of the molecule is COc1cccc([C@H]2OC(c3ccc(OCCCO)cc3)=N[C@@]2(Cc2ccccc2)C(=O)Nc2ccccc2)c1. The summed E-state index contributed by atoms with van der Waals surface area (Å²) in [6, 6.07) is 34.2. The minimum atomic E-state index is -1.31. The Morgan fingerprint density at radius 2 is 1.65 bits per heavy atom. The van der Waals surface area contributed by atoms with Crippen LogP contribution in [0.3, 0.4) is 0 Å². The highest BCUT2D eigenvalue weighted by Gasteiger charge is 2.53. The fraction of sp³-hybridized carbons (Fsp3) is 0.212. The third-order valence-electron chi connectivity index (χ3n) is 6.77. The summed E-state index contributed by atoms with van der Waals surface area (Å²) in [5, 5.41) is 12.1. The van der Waals surface area contributed by atoms with E-state index in [2.05, 4.69) is 5.32 Å². The third kappa shape index (κ3) is 6.00. The van der Waals surface area contributed by atoms with Gasteiger partial charge in [-0.25, -0.2) is 4.99 Å². The van der Waals surface area contributed by atoms with Crippen LogP contribution in [0, 0.1) is 0 Å². The number of carbonyl (C=O) groups excluding carboxylic acids is 1. The number of aliphatic hydroxyl groups excluding tert-OH is 1. The monoisotopic (exact) mass is 536 g/mol. The molecular weight excluding hydrogens is 504 g/mol. The van der Waals surface area contributed by atoms with Crippen molar-refractivity contribution in [3.63, 3.8) is 0 Å². The fourth-order valence-electron chi connectivity index (χ4n) is 4.75. The minimum absolute atomic E-state index is 0.0724. The van der Waals surface area contributed by atoms with Gasteiger partial charge in [-0.05, 0) is 59.7 Å². The highest BCUT2D eigenvalue weighted by molar-refractivity contribution is 6.05. The molecule has 2 atom stereocenters. The highest BCUT2D eigenvalue weighted by atomic mass is 16.5.